The van der Waals surface area contributed by atoms with Gasteiger partial charge in [-0.1, -0.05) is 6.08 Å². The van der Waals surface area contributed by atoms with Gasteiger partial charge in [0.2, 0.25) is 0 Å². The Morgan fingerprint density at radius 3 is 2.00 bits per heavy atom. The van der Waals surface area contributed by atoms with Crippen LogP contribution in [0.5, 0.6) is 0 Å². The number of rotatable bonds is 4. The Hall–Kier alpha value is -1.83. The predicted molar refractivity (Wildman–Crippen MR) is 93.5 cm³/mol. The van der Waals surface area contributed by atoms with Crippen LogP contribution in [-0.2, 0) is 30.2 Å². The van der Waals surface area contributed by atoms with Crippen LogP contribution >= 0.6 is 0 Å². The van der Waals surface area contributed by atoms with Crippen molar-refractivity contribution in [3.63, 3.8) is 0 Å². The zero-order valence-electron chi connectivity index (χ0n) is 14.9. The lowest BCUT2D eigenvalue weighted by molar-refractivity contribution is -0.238. The van der Waals surface area contributed by atoms with Gasteiger partial charge in [-0.15, -0.1) is 10.3 Å². The van der Waals surface area contributed by atoms with Crippen LogP contribution in [0, 0.1) is 0 Å². The summed E-state index contributed by atoms with van der Waals surface area (Å²) in [7, 11) is -9.67. The number of carbonyl (C=O) groups excluding carboxylic acids is 1. The van der Waals surface area contributed by atoms with Crippen LogP contribution in [0.4, 0.5) is 5.69 Å². The fourth-order valence-corrected chi connectivity index (χ4v) is 4.19. The van der Waals surface area contributed by atoms with E-state index in [9.17, 15) is 31.4 Å². The maximum atomic E-state index is 12.6. The molecule has 1 heterocycles. The molecule has 3 N–H and O–H groups in total. The van der Waals surface area contributed by atoms with Gasteiger partial charge in [-0.3, -0.25) is 13.9 Å². The maximum absolute atomic E-state index is 12.6. The van der Waals surface area contributed by atoms with Gasteiger partial charge in [0.25, 0.3) is 26.1 Å². The molecular weight excluding hydrogens is 400 g/mol. The summed E-state index contributed by atoms with van der Waals surface area (Å²) >= 11 is 0. The third-order valence-electron chi connectivity index (χ3n) is 4.21. The average Bonchev–Trinajstić information content (AvgIpc) is 2.65. The van der Waals surface area contributed by atoms with Crippen molar-refractivity contribution >= 4 is 31.8 Å². The van der Waals surface area contributed by atoms with Crippen LogP contribution in [0.25, 0.3) is 0 Å². The van der Waals surface area contributed by atoms with E-state index in [1.165, 1.54) is 19.9 Å². The highest BCUT2D eigenvalue weighted by Crippen LogP contribution is 2.39. The molecule has 1 aliphatic heterocycles. The molecule has 12 heteroatoms. The van der Waals surface area contributed by atoms with E-state index < -0.39 is 52.7 Å². The van der Waals surface area contributed by atoms with Gasteiger partial charge in [0.05, 0.1) is 21.7 Å². The summed E-state index contributed by atoms with van der Waals surface area (Å²) in [5.74, 6) is -0.795. The minimum atomic E-state index is -4.93. The Morgan fingerprint density at radius 2 is 1.59 bits per heavy atom. The van der Waals surface area contributed by atoms with Crippen molar-refractivity contribution < 1.29 is 35.9 Å². The monoisotopic (exact) mass is 419 g/mol. The lowest BCUT2D eigenvalue weighted by atomic mass is 9.96. The zero-order chi connectivity index (χ0) is 21.0. The van der Waals surface area contributed by atoms with Gasteiger partial charge in [-0.2, -0.15) is 16.8 Å². The number of nitrogens with zero attached hydrogens (tertiary/aromatic N) is 1. The van der Waals surface area contributed by atoms with E-state index in [0.29, 0.717) is 6.07 Å². The second kappa shape index (κ2) is 6.36. The van der Waals surface area contributed by atoms with Gasteiger partial charge in [-0.25, -0.2) is 0 Å². The summed E-state index contributed by atoms with van der Waals surface area (Å²) in [6.07, 6.45) is 1.44. The van der Waals surface area contributed by atoms with Crippen LogP contribution in [-0.4, -0.2) is 48.0 Å². The van der Waals surface area contributed by atoms with E-state index in [4.69, 9.17) is 4.55 Å². The molecule has 1 aromatic carbocycles. The van der Waals surface area contributed by atoms with Crippen molar-refractivity contribution in [2.24, 2.45) is 0 Å². The summed E-state index contributed by atoms with van der Waals surface area (Å²) in [4.78, 5) is 10.9. The Labute approximate surface area is 156 Å². The van der Waals surface area contributed by atoms with Crippen molar-refractivity contribution in [3.05, 3.63) is 29.8 Å². The molecule has 1 amide bonds. The minimum Gasteiger partial charge on any atom is -0.321 e. The van der Waals surface area contributed by atoms with E-state index >= 15 is 0 Å². The first-order valence-corrected chi connectivity index (χ1v) is 10.5. The van der Waals surface area contributed by atoms with Gasteiger partial charge in [0, 0.05) is 5.57 Å². The Balaban J connectivity index is 2.51. The fourth-order valence-electron chi connectivity index (χ4n) is 2.93. The number of nitrogens with one attached hydrogen (secondary N) is 1. The molecule has 27 heavy (non-hydrogen) atoms. The molecule has 0 unspecified atom stereocenters. The predicted octanol–water partition coefficient (Wildman–Crippen LogP) is 1.26. The Bertz CT molecular complexity index is 1040. The lowest BCUT2D eigenvalue weighted by Crippen LogP contribution is -2.48. The summed E-state index contributed by atoms with van der Waals surface area (Å²) < 4.78 is 63.9. The van der Waals surface area contributed by atoms with Gasteiger partial charge >= 0.3 is 0 Å². The quantitative estimate of drug-likeness (QED) is 0.615. The van der Waals surface area contributed by atoms with E-state index in [-0.39, 0.29) is 5.57 Å². The topological polar surface area (TPSA) is 161 Å². The van der Waals surface area contributed by atoms with E-state index in [1.54, 1.807) is 13.8 Å². The molecule has 1 radical (unpaired) electrons. The number of hydrogen-bond donors (Lipinski definition) is 3. The first kappa shape index (κ1) is 21.5. The average molecular weight is 419 g/mol. The molecule has 0 aromatic heterocycles. The van der Waals surface area contributed by atoms with Gasteiger partial charge in [-0.05, 0) is 45.9 Å². The molecule has 0 aliphatic carbocycles. The molecule has 0 bridgehead atoms. The molecule has 10 nitrogen and oxygen atoms in total. The van der Waals surface area contributed by atoms with Crippen molar-refractivity contribution in [2.45, 2.75) is 48.6 Å². The van der Waals surface area contributed by atoms with Crippen LogP contribution < -0.4 is 5.32 Å². The summed E-state index contributed by atoms with van der Waals surface area (Å²) in [6, 6.07) is 2.28. The highest BCUT2D eigenvalue weighted by Gasteiger charge is 2.49. The summed E-state index contributed by atoms with van der Waals surface area (Å²) in [5.41, 5.74) is -2.52. The first-order chi connectivity index (χ1) is 12.0. The Morgan fingerprint density at radius 1 is 1.04 bits per heavy atom. The number of anilines is 1. The SMILES string of the molecule is CC1(C)C=C(C(=O)Nc2ccc(S(=O)(=O)O)cc2S(=O)(=O)O)C(C)(C)N1[O]. The van der Waals surface area contributed by atoms with Crippen LogP contribution in [0.3, 0.4) is 0 Å². The molecule has 0 spiro atoms. The highest BCUT2D eigenvalue weighted by molar-refractivity contribution is 7.86. The molecule has 0 saturated heterocycles. The van der Waals surface area contributed by atoms with Crippen molar-refractivity contribution in [1.29, 1.82) is 0 Å². The number of amides is 1. The highest BCUT2D eigenvalue weighted by atomic mass is 32.2. The van der Waals surface area contributed by atoms with Crippen molar-refractivity contribution in [1.82, 2.24) is 5.06 Å². The molecule has 0 saturated carbocycles. The van der Waals surface area contributed by atoms with Crippen molar-refractivity contribution in [3.8, 4) is 0 Å². The van der Waals surface area contributed by atoms with Gasteiger partial charge in [0.15, 0.2) is 0 Å². The normalized spacial score (nSPS) is 19.6. The van der Waals surface area contributed by atoms with Gasteiger partial charge < -0.3 is 5.32 Å². The standard InChI is InChI=1S/C15H19N2O8S2/c1-14(2)8-10(15(3,4)17(14)19)13(18)16-11-6-5-9(26(20,21)22)7-12(11)27(23,24)25/h5-8H,1-4H3,(H,16,18)(H,20,21,22)(H,23,24,25). The first-order valence-electron chi connectivity index (χ1n) is 7.59. The largest absolute Gasteiger partial charge is 0.321 e. The van der Waals surface area contributed by atoms with E-state index in [1.807, 2.05) is 0 Å². The summed E-state index contributed by atoms with van der Waals surface area (Å²) in [6.45, 7) is 6.25. The third kappa shape index (κ3) is 4.05. The maximum Gasteiger partial charge on any atom is 0.296 e. The second-order valence-corrected chi connectivity index (χ2v) is 9.94. The van der Waals surface area contributed by atoms with E-state index in [0.717, 1.165) is 17.2 Å². The minimum absolute atomic E-state index is 0.0719. The smallest absolute Gasteiger partial charge is 0.296 e. The number of hydroxylamine groups is 2. The van der Waals surface area contributed by atoms with Gasteiger partial charge in [0.1, 0.15) is 4.90 Å². The molecule has 1 aliphatic rings. The molecule has 0 fully saturated rings. The molecular formula is C15H19N2O8S2. The van der Waals surface area contributed by atoms with Crippen molar-refractivity contribution in [2.75, 3.05) is 5.32 Å². The number of hydrogen-bond acceptors (Lipinski definition) is 6. The summed E-state index contributed by atoms with van der Waals surface area (Å²) in [5, 5.41) is 15.3. The zero-order valence-corrected chi connectivity index (χ0v) is 16.6. The molecule has 149 valence electrons. The fraction of sp³-hybridized carbons (Fsp3) is 0.400. The van der Waals surface area contributed by atoms with Crippen LogP contribution in [0.15, 0.2) is 39.6 Å². The molecule has 0 atom stereocenters. The van der Waals surface area contributed by atoms with E-state index in [2.05, 4.69) is 5.32 Å². The lowest BCUT2D eigenvalue weighted by Gasteiger charge is -2.33. The Kier molecular flexibility index (Phi) is 5.06. The second-order valence-electron chi connectivity index (χ2n) is 7.13. The van der Waals surface area contributed by atoms with Crippen LogP contribution in [0.2, 0.25) is 0 Å². The van der Waals surface area contributed by atoms with Crippen LogP contribution in [0.1, 0.15) is 27.7 Å². The third-order valence-corrected chi connectivity index (χ3v) is 5.95. The molecule has 1 aromatic rings. The number of benzene rings is 1. The molecule has 2 rings (SSSR count). The number of carbonyl (C=O) groups is 1.